The number of benzene rings is 1. The average Bonchev–Trinajstić information content (AvgIpc) is 2.79. The van der Waals surface area contributed by atoms with Crippen molar-refractivity contribution in [3.63, 3.8) is 0 Å². The van der Waals surface area contributed by atoms with Crippen LogP contribution in [0.15, 0.2) is 39.6 Å². The monoisotopic (exact) mass is 309 g/mol. The van der Waals surface area contributed by atoms with Crippen LogP contribution in [0.3, 0.4) is 0 Å². The van der Waals surface area contributed by atoms with Gasteiger partial charge in [-0.05, 0) is 19.1 Å². The first-order valence-electron chi connectivity index (χ1n) is 5.84. The summed E-state index contributed by atoms with van der Waals surface area (Å²) in [5, 5.41) is 19.8. The first-order chi connectivity index (χ1) is 9.90. The molecule has 1 heterocycles. The third-order valence-electron chi connectivity index (χ3n) is 2.74. The molecule has 2 aromatic rings. The van der Waals surface area contributed by atoms with Crippen molar-refractivity contribution < 1.29 is 23.5 Å². The SMILES string of the molecule is Cc1cc(CS(=O)c2ccccc2[N+](=O)[O-])oc1C(=O)O. The first-order valence-corrected chi connectivity index (χ1v) is 7.16. The van der Waals surface area contributed by atoms with Gasteiger partial charge in [-0.15, -0.1) is 0 Å². The zero-order chi connectivity index (χ0) is 15.6. The lowest BCUT2D eigenvalue weighted by atomic mass is 10.3. The summed E-state index contributed by atoms with van der Waals surface area (Å²) in [6.45, 7) is 1.56. The van der Waals surface area contributed by atoms with E-state index in [-0.39, 0.29) is 27.9 Å². The summed E-state index contributed by atoms with van der Waals surface area (Å²) in [5.41, 5.74) is 0.176. The van der Waals surface area contributed by atoms with Gasteiger partial charge in [0, 0.05) is 11.6 Å². The number of nitro benzene ring substituents is 1. The first kappa shape index (κ1) is 14.9. The van der Waals surface area contributed by atoms with Crippen molar-refractivity contribution in [2.45, 2.75) is 17.6 Å². The van der Waals surface area contributed by atoms with E-state index in [1.807, 2.05) is 0 Å². The number of carboxylic acids is 1. The van der Waals surface area contributed by atoms with Gasteiger partial charge in [-0.25, -0.2) is 4.79 Å². The summed E-state index contributed by atoms with van der Waals surface area (Å²) in [6, 6.07) is 7.18. The Balaban J connectivity index is 2.29. The van der Waals surface area contributed by atoms with Gasteiger partial charge in [0.25, 0.3) is 5.69 Å². The standard InChI is InChI=1S/C13H11NO6S/c1-8-6-9(20-12(8)13(15)16)7-21(19)11-5-3-2-4-10(11)14(17)18/h2-6H,7H2,1H3,(H,15,16). The van der Waals surface area contributed by atoms with Gasteiger partial charge in [0.1, 0.15) is 10.7 Å². The van der Waals surface area contributed by atoms with Gasteiger partial charge in [0.2, 0.25) is 5.76 Å². The van der Waals surface area contributed by atoms with E-state index >= 15 is 0 Å². The quantitative estimate of drug-likeness (QED) is 0.671. The smallest absolute Gasteiger partial charge is 0.372 e. The molecule has 1 N–H and O–H groups in total. The van der Waals surface area contributed by atoms with Crippen LogP contribution in [0.1, 0.15) is 21.9 Å². The predicted octanol–water partition coefficient (Wildman–Crippen LogP) is 2.50. The molecule has 21 heavy (non-hydrogen) atoms. The molecule has 1 aromatic heterocycles. The maximum atomic E-state index is 12.2. The minimum Gasteiger partial charge on any atom is -0.475 e. The van der Waals surface area contributed by atoms with E-state index in [0.717, 1.165) is 0 Å². The maximum absolute atomic E-state index is 12.2. The Kier molecular flexibility index (Phi) is 4.18. The second kappa shape index (κ2) is 5.88. The Morgan fingerprint density at radius 2 is 2.10 bits per heavy atom. The van der Waals surface area contributed by atoms with Gasteiger partial charge >= 0.3 is 5.97 Å². The van der Waals surface area contributed by atoms with E-state index in [1.165, 1.54) is 24.3 Å². The van der Waals surface area contributed by atoms with E-state index in [2.05, 4.69) is 0 Å². The molecule has 0 aliphatic heterocycles. The molecule has 0 bridgehead atoms. The van der Waals surface area contributed by atoms with Crippen molar-refractivity contribution in [1.29, 1.82) is 0 Å². The normalized spacial score (nSPS) is 12.0. The maximum Gasteiger partial charge on any atom is 0.372 e. The Labute approximate surface area is 121 Å². The summed E-state index contributed by atoms with van der Waals surface area (Å²) in [6.07, 6.45) is 0. The van der Waals surface area contributed by atoms with Gasteiger partial charge in [0.05, 0.1) is 21.5 Å². The highest BCUT2D eigenvalue weighted by Crippen LogP contribution is 2.25. The molecule has 0 amide bonds. The molecular weight excluding hydrogens is 298 g/mol. The van der Waals surface area contributed by atoms with Gasteiger partial charge in [-0.2, -0.15) is 0 Å². The van der Waals surface area contributed by atoms with Crippen LogP contribution in [0, 0.1) is 17.0 Å². The Bertz CT molecular complexity index is 736. The van der Waals surface area contributed by atoms with Gasteiger partial charge in [0.15, 0.2) is 0 Å². The molecule has 0 fully saturated rings. The fraction of sp³-hybridized carbons (Fsp3) is 0.154. The third-order valence-corrected chi connectivity index (χ3v) is 4.13. The van der Waals surface area contributed by atoms with E-state index < -0.39 is 21.7 Å². The minimum absolute atomic E-state index is 0.0772. The summed E-state index contributed by atoms with van der Waals surface area (Å²) < 4.78 is 17.3. The van der Waals surface area contributed by atoms with Crippen LogP contribution >= 0.6 is 0 Å². The number of rotatable bonds is 5. The van der Waals surface area contributed by atoms with E-state index in [9.17, 15) is 19.1 Å². The van der Waals surface area contributed by atoms with Gasteiger partial charge in [-0.3, -0.25) is 14.3 Å². The van der Waals surface area contributed by atoms with Crippen LogP contribution in [0.5, 0.6) is 0 Å². The summed E-state index contributed by atoms with van der Waals surface area (Å²) in [5.74, 6) is -1.35. The number of para-hydroxylation sites is 1. The predicted molar refractivity (Wildman–Crippen MR) is 73.6 cm³/mol. The molecule has 0 saturated carbocycles. The summed E-state index contributed by atoms with van der Waals surface area (Å²) >= 11 is 0. The molecule has 0 aliphatic rings. The Hall–Kier alpha value is -2.48. The van der Waals surface area contributed by atoms with Crippen molar-refractivity contribution in [1.82, 2.24) is 0 Å². The second-order valence-corrected chi connectivity index (χ2v) is 5.66. The number of aryl methyl sites for hydroxylation is 1. The zero-order valence-electron chi connectivity index (χ0n) is 10.9. The topological polar surface area (TPSA) is 111 Å². The molecule has 1 unspecified atom stereocenters. The third kappa shape index (κ3) is 3.16. The zero-order valence-corrected chi connectivity index (χ0v) is 11.8. The fourth-order valence-electron chi connectivity index (χ4n) is 1.84. The van der Waals surface area contributed by atoms with Crippen molar-refractivity contribution >= 4 is 22.5 Å². The van der Waals surface area contributed by atoms with Gasteiger partial charge in [-0.1, -0.05) is 12.1 Å². The molecule has 0 saturated heterocycles. The number of carboxylic acid groups (broad SMARTS) is 1. The van der Waals surface area contributed by atoms with Crippen LogP contribution in [-0.2, 0) is 16.6 Å². The van der Waals surface area contributed by atoms with Crippen LogP contribution in [0.25, 0.3) is 0 Å². The second-order valence-electron chi connectivity index (χ2n) is 4.24. The van der Waals surface area contributed by atoms with Crippen molar-refractivity contribution in [3.8, 4) is 0 Å². The molecule has 0 radical (unpaired) electrons. The minimum atomic E-state index is -1.70. The molecule has 2 rings (SSSR count). The lowest BCUT2D eigenvalue weighted by molar-refractivity contribution is -0.387. The fourth-order valence-corrected chi connectivity index (χ4v) is 3.00. The number of nitrogens with zero attached hydrogens (tertiary/aromatic N) is 1. The number of carbonyl (C=O) groups is 1. The number of hydrogen-bond acceptors (Lipinski definition) is 5. The van der Waals surface area contributed by atoms with Crippen molar-refractivity contribution in [3.05, 3.63) is 57.5 Å². The highest BCUT2D eigenvalue weighted by molar-refractivity contribution is 7.84. The van der Waals surface area contributed by atoms with E-state index in [1.54, 1.807) is 13.0 Å². The lowest BCUT2D eigenvalue weighted by Gasteiger charge is -2.01. The largest absolute Gasteiger partial charge is 0.475 e. The van der Waals surface area contributed by atoms with Gasteiger partial charge < -0.3 is 9.52 Å². The van der Waals surface area contributed by atoms with Crippen molar-refractivity contribution in [2.75, 3.05) is 0 Å². The molecule has 110 valence electrons. The van der Waals surface area contributed by atoms with Crippen LogP contribution in [0.2, 0.25) is 0 Å². The number of furan rings is 1. The summed E-state index contributed by atoms with van der Waals surface area (Å²) in [4.78, 5) is 21.2. The van der Waals surface area contributed by atoms with Crippen LogP contribution in [0.4, 0.5) is 5.69 Å². The highest BCUT2D eigenvalue weighted by Gasteiger charge is 2.21. The number of aromatic carboxylic acids is 1. The molecule has 8 heteroatoms. The Morgan fingerprint density at radius 1 is 1.43 bits per heavy atom. The molecule has 0 spiro atoms. The number of hydrogen-bond donors (Lipinski definition) is 1. The number of nitro groups is 1. The lowest BCUT2D eigenvalue weighted by Crippen LogP contribution is -2.00. The highest BCUT2D eigenvalue weighted by atomic mass is 32.2. The van der Waals surface area contributed by atoms with E-state index in [4.69, 9.17) is 9.52 Å². The Morgan fingerprint density at radius 3 is 2.67 bits per heavy atom. The molecule has 7 nitrogen and oxygen atoms in total. The van der Waals surface area contributed by atoms with E-state index in [0.29, 0.717) is 5.56 Å². The molecular formula is C13H11NO6S. The summed E-state index contributed by atoms with van der Waals surface area (Å²) in [7, 11) is -1.70. The molecule has 1 aromatic carbocycles. The van der Waals surface area contributed by atoms with Crippen molar-refractivity contribution in [2.24, 2.45) is 0 Å². The molecule has 0 aliphatic carbocycles. The van der Waals surface area contributed by atoms with Crippen LogP contribution in [-0.4, -0.2) is 20.2 Å². The van der Waals surface area contributed by atoms with Crippen LogP contribution < -0.4 is 0 Å². The average molecular weight is 309 g/mol. The molecule has 1 atom stereocenters.